The van der Waals surface area contributed by atoms with E-state index in [1.165, 1.54) is 38.5 Å². The van der Waals surface area contributed by atoms with Gasteiger partial charge in [-0.15, -0.1) is 0 Å². The lowest BCUT2D eigenvalue weighted by Gasteiger charge is -2.38. The molecular weight excluding hydrogens is 324 g/mol. The van der Waals surface area contributed by atoms with Gasteiger partial charge in [-0.2, -0.15) is 0 Å². The fraction of sp³-hybridized carbons (Fsp3) is 0.696. The Hall–Kier alpha value is -1.35. The average Bonchev–Trinajstić information content (AvgIpc) is 2.65. The molecule has 0 aliphatic carbocycles. The van der Waals surface area contributed by atoms with E-state index in [2.05, 4.69) is 19.1 Å². The predicted octanol–water partition coefficient (Wildman–Crippen LogP) is 6.06. The lowest BCUT2D eigenvalue weighted by Crippen LogP contribution is -2.45. The van der Waals surface area contributed by atoms with Crippen molar-refractivity contribution in [2.75, 3.05) is 6.61 Å². The molecule has 0 spiro atoms. The molecule has 1 saturated heterocycles. The summed E-state index contributed by atoms with van der Waals surface area (Å²) in [5.74, 6) is -0.0335. The molecule has 26 heavy (non-hydrogen) atoms. The average molecular weight is 361 g/mol. The van der Waals surface area contributed by atoms with Crippen LogP contribution in [0.25, 0.3) is 0 Å². The maximum absolute atomic E-state index is 12.2. The Labute approximate surface area is 159 Å². The van der Waals surface area contributed by atoms with E-state index >= 15 is 0 Å². The molecular formula is C23H36O3. The number of unbranched alkanes of at least 4 members (excludes halogenated alkanes) is 6. The van der Waals surface area contributed by atoms with Crippen LogP contribution in [0.15, 0.2) is 30.3 Å². The Morgan fingerprint density at radius 2 is 1.77 bits per heavy atom. The largest absolute Gasteiger partial charge is 0.456 e. The molecule has 3 heteroatoms. The van der Waals surface area contributed by atoms with Gasteiger partial charge in [-0.1, -0.05) is 82.7 Å². The highest BCUT2D eigenvalue weighted by atomic mass is 16.6. The van der Waals surface area contributed by atoms with Crippen molar-refractivity contribution >= 4 is 5.97 Å². The van der Waals surface area contributed by atoms with Gasteiger partial charge >= 0.3 is 5.97 Å². The van der Waals surface area contributed by atoms with Gasteiger partial charge in [0.05, 0.1) is 19.1 Å². The van der Waals surface area contributed by atoms with Crippen LogP contribution in [0.5, 0.6) is 0 Å². The molecule has 0 aromatic heterocycles. The zero-order valence-corrected chi connectivity index (χ0v) is 16.7. The predicted molar refractivity (Wildman–Crippen MR) is 106 cm³/mol. The number of carbonyl (C=O) groups excluding carboxylic acids is 1. The van der Waals surface area contributed by atoms with Crippen molar-refractivity contribution in [3.8, 4) is 0 Å². The van der Waals surface area contributed by atoms with Crippen molar-refractivity contribution < 1.29 is 14.3 Å². The second-order valence-corrected chi connectivity index (χ2v) is 7.89. The summed E-state index contributed by atoms with van der Waals surface area (Å²) in [7, 11) is 0. The molecule has 146 valence electrons. The van der Waals surface area contributed by atoms with Crippen molar-refractivity contribution in [1.82, 2.24) is 0 Å². The van der Waals surface area contributed by atoms with Crippen molar-refractivity contribution in [3.05, 3.63) is 35.9 Å². The molecule has 0 bridgehead atoms. The van der Waals surface area contributed by atoms with E-state index in [0.717, 1.165) is 31.2 Å². The van der Waals surface area contributed by atoms with Crippen LogP contribution in [0.2, 0.25) is 0 Å². The van der Waals surface area contributed by atoms with Crippen LogP contribution >= 0.6 is 0 Å². The molecule has 0 radical (unpaired) electrons. The van der Waals surface area contributed by atoms with Gasteiger partial charge in [-0.3, -0.25) is 4.79 Å². The van der Waals surface area contributed by atoms with Crippen molar-refractivity contribution in [1.29, 1.82) is 0 Å². The molecule has 2 rings (SSSR count). The number of hydrogen-bond acceptors (Lipinski definition) is 3. The number of benzene rings is 1. The molecule has 1 aromatic carbocycles. The lowest BCUT2D eigenvalue weighted by atomic mass is 9.85. The Balaban J connectivity index is 1.79. The minimum absolute atomic E-state index is 0.0197. The van der Waals surface area contributed by atoms with E-state index in [0.29, 0.717) is 13.2 Å². The molecule has 1 fully saturated rings. The van der Waals surface area contributed by atoms with E-state index in [1.807, 2.05) is 25.1 Å². The van der Waals surface area contributed by atoms with Gasteiger partial charge in [0.15, 0.2) is 0 Å². The van der Waals surface area contributed by atoms with Gasteiger partial charge < -0.3 is 9.47 Å². The summed E-state index contributed by atoms with van der Waals surface area (Å²) in [5.41, 5.74) is 0.746. The Bertz CT molecular complexity index is 513. The summed E-state index contributed by atoms with van der Waals surface area (Å²) in [6, 6.07) is 10.2. The molecule has 1 aliphatic rings. The van der Waals surface area contributed by atoms with Crippen molar-refractivity contribution in [2.24, 2.45) is 5.92 Å². The first-order valence-electron chi connectivity index (χ1n) is 10.5. The number of cyclic esters (lactones) is 1. The van der Waals surface area contributed by atoms with E-state index in [4.69, 9.17) is 9.47 Å². The van der Waals surface area contributed by atoms with Crippen LogP contribution < -0.4 is 0 Å². The summed E-state index contributed by atoms with van der Waals surface area (Å²) in [5, 5.41) is 0. The van der Waals surface area contributed by atoms with E-state index in [9.17, 15) is 4.79 Å². The molecule has 1 heterocycles. The molecule has 0 saturated carbocycles. The van der Waals surface area contributed by atoms with Crippen LogP contribution in [-0.2, 0) is 20.9 Å². The fourth-order valence-corrected chi connectivity index (χ4v) is 3.65. The SMILES string of the molecule is CCCCCCCCC[C@@]1(COCc2ccccc2)CC[C@@H](C)C(=O)O1. The highest BCUT2D eigenvalue weighted by Crippen LogP contribution is 2.34. The first kappa shape index (κ1) is 21.0. The van der Waals surface area contributed by atoms with E-state index in [-0.39, 0.29) is 11.9 Å². The van der Waals surface area contributed by atoms with Gasteiger partial charge in [0.1, 0.15) is 5.60 Å². The molecule has 1 aromatic rings. The van der Waals surface area contributed by atoms with Crippen molar-refractivity contribution in [2.45, 2.75) is 90.3 Å². The number of carbonyl (C=O) groups is 1. The quantitative estimate of drug-likeness (QED) is 0.336. The van der Waals surface area contributed by atoms with Crippen LogP contribution in [0.4, 0.5) is 0 Å². The Morgan fingerprint density at radius 3 is 2.46 bits per heavy atom. The highest BCUT2D eigenvalue weighted by molar-refractivity contribution is 5.73. The minimum atomic E-state index is -0.415. The number of rotatable bonds is 12. The smallest absolute Gasteiger partial charge is 0.309 e. The summed E-state index contributed by atoms with van der Waals surface area (Å²) in [4.78, 5) is 12.2. The third kappa shape index (κ3) is 7.11. The van der Waals surface area contributed by atoms with E-state index in [1.54, 1.807) is 0 Å². The van der Waals surface area contributed by atoms with Crippen LogP contribution in [0.1, 0.15) is 83.6 Å². The zero-order chi connectivity index (χ0) is 18.7. The standard InChI is InChI=1S/C23H36O3/c1-3-4-5-6-7-8-12-16-23(17-15-20(2)22(24)26-23)19-25-18-21-13-10-9-11-14-21/h9-11,13-14,20H,3-8,12,15-19H2,1-2H3/t20-,23+/m1/s1. The second-order valence-electron chi connectivity index (χ2n) is 7.89. The molecule has 3 nitrogen and oxygen atoms in total. The normalized spacial score (nSPS) is 23.0. The maximum Gasteiger partial charge on any atom is 0.309 e. The molecule has 0 amide bonds. The van der Waals surface area contributed by atoms with Crippen molar-refractivity contribution in [3.63, 3.8) is 0 Å². The third-order valence-corrected chi connectivity index (χ3v) is 5.47. The monoisotopic (exact) mass is 360 g/mol. The minimum Gasteiger partial charge on any atom is -0.456 e. The molecule has 0 N–H and O–H groups in total. The van der Waals surface area contributed by atoms with Crippen LogP contribution in [0.3, 0.4) is 0 Å². The number of ether oxygens (including phenoxy) is 2. The summed E-state index contributed by atoms with van der Waals surface area (Å²) >= 11 is 0. The molecule has 0 unspecified atom stereocenters. The topological polar surface area (TPSA) is 35.5 Å². The van der Waals surface area contributed by atoms with Gasteiger partial charge in [0, 0.05) is 0 Å². The number of hydrogen-bond donors (Lipinski definition) is 0. The van der Waals surface area contributed by atoms with Gasteiger partial charge in [0.2, 0.25) is 0 Å². The zero-order valence-electron chi connectivity index (χ0n) is 16.7. The second kappa shape index (κ2) is 11.4. The summed E-state index contributed by atoms with van der Waals surface area (Å²) in [6.45, 7) is 5.30. The Morgan fingerprint density at radius 1 is 1.08 bits per heavy atom. The number of esters is 1. The first-order valence-corrected chi connectivity index (χ1v) is 10.5. The summed E-state index contributed by atoms with van der Waals surface area (Å²) in [6.07, 6.45) is 11.7. The van der Waals surface area contributed by atoms with E-state index < -0.39 is 5.60 Å². The van der Waals surface area contributed by atoms with Gasteiger partial charge in [-0.05, 0) is 31.2 Å². The maximum atomic E-state index is 12.2. The lowest BCUT2D eigenvalue weighted by molar-refractivity contribution is -0.184. The molecule has 2 atom stereocenters. The highest BCUT2D eigenvalue weighted by Gasteiger charge is 2.40. The van der Waals surface area contributed by atoms with Crippen LogP contribution in [-0.4, -0.2) is 18.2 Å². The van der Waals surface area contributed by atoms with Gasteiger partial charge in [-0.25, -0.2) is 0 Å². The first-order chi connectivity index (χ1) is 12.7. The Kier molecular flexibility index (Phi) is 9.17. The van der Waals surface area contributed by atoms with Crippen LogP contribution in [0, 0.1) is 5.92 Å². The van der Waals surface area contributed by atoms with Gasteiger partial charge in [0.25, 0.3) is 0 Å². The summed E-state index contributed by atoms with van der Waals surface area (Å²) < 4.78 is 11.9. The fourth-order valence-electron chi connectivity index (χ4n) is 3.65. The third-order valence-electron chi connectivity index (χ3n) is 5.47. The molecule has 1 aliphatic heterocycles.